The molecule has 0 bridgehead atoms. The van der Waals surface area contributed by atoms with Crippen molar-refractivity contribution in [2.24, 2.45) is 5.92 Å². The van der Waals surface area contributed by atoms with Crippen LogP contribution in [0.5, 0.6) is 0 Å². The second kappa shape index (κ2) is 7.91. The fourth-order valence-corrected chi connectivity index (χ4v) is 1.80. The van der Waals surface area contributed by atoms with Crippen LogP contribution in [0.4, 0.5) is 11.6 Å². The van der Waals surface area contributed by atoms with E-state index in [0.29, 0.717) is 30.8 Å². The van der Waals surface area contributed by atoms with Gasteiger partial charge in [0.25, 0.3) is 0 Å². The van der Waals surface area contributed by atoms with Crippen molar-refractivity contribution in [1.29, 1.82) is 0 Å². The van der Waals surface area contributed by atoms with E-state index in [9.17, 15) is 0 Å². The van der Waals surface area contributed by atoms with E-state index in [1.807, 2.05) is 0 Å². The first-order valence-electron chi connectivity index (χ1n) is 6.43. The molecule has 1 rings (SSSR count). The molecule has 0 spiro atoms. The molecule has 19 heavy (non-hydrogen) atoms. The maximum atomic E-state index is 5.82. The number of aromatic nitrogens is 2. The summed E-state index contributed by atoms with van der Waals surface area (Å²) in [5.74, 6) is 2.41. The fraction of sp³-hybridized carbons (Fsp3) is 0.692. The van der Waals surface area contributed by atoms with E-state index in [1.54, 1.807) is 20.3 Å². The van der Waals surface area contributed by atoms with Gasteiger partial charge in [-0.05, 0) is 5.92 Å². The Kier molecular flexibility index (Phi) is 6.52. The standard InChI is InChI=1S/C13H24N4O2/c1-10(2)8-17(5-6-18-3)13-7-11(14)15-12(16-13)9-19-4/h7,10H,5-6,8-9H2,1-4H3,(H2,14,15,16). The maximum Gasteiger partial charge on any atom is 0.158 e. The van der Waals surface area contributed by atoms with Crippen molar-refractivity contribution < 1.29 is 9.47 Å². The van der Waals surface area contributed by atoms with Crippen molar-refractivity contribution in [2.45, 2.75) is 20.5 Å². The Labute approximate surface area is 114 Å². The Morgan fingerprint density at radius 3 is 2.58 bits per heavy atom. The van der Waals surface area contributed by atoms with E-state index < -0.39 is 0 Å². The zero-order valence-corrected chi connectivity index (χ0v) is 12.2. The molecule has 6 heteroatoms. The molecule has 2 N–H and O–H groups in total. The SMILES string of the molecule is COCCN(CC(C)C)c1cc(N)nc(COC)n1. The summed E-state index contributed by atoms with van der Waals surface area (Å²) in [7, 11) is 3.31. The Morgan fingerprint density at radius 2 is 2.00 bits per heavy atom. The minimum Gasteiger partial charge on any atom is -0.384 e. The second-order valence-electron chi connectivity index (χ2n) is 4.83. The number of ether oxygens (including phenoxy) is 2. The highest BCUT2D eigenvalue weighted by molar-refractivity contribution is 5.47. The average Bonchev–Trinajstić information content (AvgIpc) is 2.33. The van der Waals surface area contributed by atoms with E-state index in [2.05, 4.69) is 28.7 Å². The number of hydrogen-bond donors (Lipinski definition) is 1. The van der Waals surface area contributed by atoms with Crippen molar-refractivity contribution in [3.8, 4) is 0 Å². The molecule has 0 aliphatic rings. The number of nitrogen functional groups attached to an aromatic ring is 1. The van der Waals surface area contributed by atoms with Crippen LogP contribution in [0, 0.1) is 5.92 Å². The number of nitrogens with two attached hydrogens (primary N) is 1. The minimum atomic E-state index is 0.359. The van der Waals surface area contributed by atoms with Crippen LogP contribution in [0.25, 0.3) is 0 Å². The first kappa shape index (κ1) is 15.7. The monoisotopic (exact) mass is 268 g/mol. The normalized spacial score (nSPS) is 11.0. The van der Waals surface area contributed by atoms with Gasteiger partial charge in [-0.3, -0.25) is 0 Å². The third-order valence-corrected chi connectivity index (χ3v) is 2.53. The zero-order valence-electron chi connectivity index (χ0n) is 12.2. The zero-order chi connectivity index (χ0) is 14.3. The van der Waals surface area contributed by atoms with Gasteiger partial charge in [0.15, 0.2) is 5.82 Å². The molecule has 0 fully saturated rings. The Hall–Kier alpha value is -1.40. The van der Waals surface area contributed by atoms with E-state index in [-0.39, 0.29) is 0 Å². The van der Waals surface area contributed by atoms with E-state index in [1.165, 1.54) is 0 Å². The Morgan fingerprint density at radius 1 is 1.26 bits per heavy atom. The first-order valence-corrected chi connectivity index (χ1v) is 6.43. The molecule has 0 unspecified atom stereocenters. The smallest absolute Gasteiger partial charge is 0.158 e. The number of nitrogens with zero attached hydrogens (tertiary/aromatic N) is 3. The maximum absolute atomic E-state index is 5.82. The van der Waals surface area contributed by atoms with Gasteiger partial charge in [0.1, 0.15) is 18.2 Å². The molecule has 0 atom stereocenters. The van der Waals surface area contributed by atoms with Crippen LogP contribution in [-0.4, -0.2) is 43.9 Å². The summed E-state index contributed by atoms with van der Waals surface area (Å²) in [4.78, 5) is 10.8. The van der Waals surface area contributed by atoms with E-state index in [0.717, 1.165) is 18.9 Å². The predicted octanol–water partition coefficient (Wildman–Crippen LogP) is 1.31. The number of anilines is 2. The molecule has 6 nitrogen and oxygen atoms in total. The quantitative estimate of drug-likeness (QED) is 0.766. The van der Waals surface area contributed by atoms with Crippen molar-refractivity contribution >= 4 is 11.6 Å². The third-order valence-electron chi connectivity index (χ3n) is 2.53. The molecule has 0 saturated carbocycles. The predicted molar refractivity (Wildman–Crippen MR) is 76.1 cm³/mol. The van der Waals surface area contributed by atoms with E-state index >= 15 is 0 Å². The average molecular weight is 268 g/mol. The van der Waals surface area contributed by atoms with Gasteiger partial charge in [0, 0.05) is 33.4 Å². The topological polar surface area (TPSA) is 73.5 Å². The Balaban J connectivity index is 2.92. The van der Waals surface area contributed by atoms with Gasteiger partial charge in [0.2, 0.25) is 0 Å². The second-order valence-corrected chi connectivity index (χ2v) is 4.83. The lowest BCUT2D eigenvalue weighted by molar-refractivity contribution is 0.178. The summed E-state index contributed by atoms with van der Waals surface area (Å²) in [6.45, 7) is 7.01. The lowest BCUT2D eigenvalue weighted by Gasteiger charge is -2.25. The molecular weight excluding hydrogens is 244 g/mol. The molecular formula is C13H24N4O2. The summed E-state index contributed by atoms with van der Waals surface area (Å²) in [6.07, 6.45) is 0. The van der Waals surface area contributed by atoms with Crippen LogP contribution >= 0.6 is 0 Å². The molecule has 0 radical (unpaired) electrons. The van der Waals surface area contributed by atoms with Crippen LogP contribution in [-0.2, 0) is 16.1 Å². The van der Waals surface area contributed by atoms with Crippen LogP contribution < -0.4 is 10.6 Å². The molecule has 0 saturated heterocycles. The van der Waals surface area contributed by atoms with Crippen molar-refractivity contribution in [1.82, 2.24) is 9.97 Å². The van der Waals surface area contributed by atoms with Crippen LogP contribution in [0.15, 0.2) is 6.07 Å². The van der Waals surface area contributed by atoms with Crippen molar-refractivity contribution in [3.63, 3.8) is 0 Å². The number of rotatable bonds is 8. The number of methoxy groups -OCH3 is 2. The van der Waals surface area contributed by atoms with Crippen LogP contribution in [0.2, 0.25) is 0 Å². The van der Waals surface area contributed by atoms with E-state index in [4.69, 9.17) is 15.2 Å². The van der Waals surface area contributed by atoms with Gasteiger partial charge in [-0.1, -0.05) is 13.8 Å². The largest absolute Gasteiger partial charge is 0.384 e. The highest BCUT2D eigenvalue weighted by Gasteiger charge is 2.12. The molecule has 0 aliphatic carbocycles. The lowest BCUT2D eigenvalue weighted by Crippen LogP contribution is -2.32. The highest BCUT2D eigenvalue weighted by atomic mass is 16.5. The first-order chi connectivity index (χ1) is 9.06. The molecule has 0 amide bonds. The molecule has 0 aromatic carbocycles. The van der Waals surface area contributed by atoms with Gasteiger partial charge in [-0.2, -0.15) is 0 Å². The van der Waals surface area contributed by atoms with Gasteiger partial charge >= 0.3 is 0 Å². The summed E-state index contributed by atoms with van der Waals surface area (Å²) in [5.41, 5.74) is 5.82. The third kappa shape index (κ3) is 5.40. The molecule has 1 aromatic heterocycles. The van der Waals surface area contributed by atoms with Crippen LogP contribution in [0.3, 0.4) is 0 Å². The lowest BCUT2D eigenvalue weighted by atomic mass is 10.2. The summed E-state index contributed by atoms with van der Waals surface area (Å²) >= 11 is 0. The highest BCUT2D eigenvalue weighted by Crippen LogP contribution is 2.16. The summed E-state index contributed by atoms with van der Waals surface area (Å²) in [5, 5.41) is 0. The number of hydrogen-bond acceptors (Lipinski definition) is 6. The van der Waals surface area contributed by atoms with Gasteiger partial charge < -0.3 is 20.1 Å². The fourth-order valence-electron chi connectivity index (χ4n) is 1.80. The van der Waals surface area contributed by atoms with Crippen LogP contribution in [0.1, 0.15) is 19.7 Å². The Bertz CT molecular complexity index is 385. The molecule has 1 heterocycles. The van der Waals surface area contributed by atoms with Gasteiger partial charge in [-0.15, -0.1) is 0 Å². The van der Waals surface area contributed by atoms with Gasteiger partial charge in [-0.25, -0.2) is 9.97 Å². The molecule has 108 valence electrons. The van der Waals surface area contributed by atoms with Gasteiger partial charge in [0.05, 0.1) is 6.61 Å². The molecule has 1 aromatic rings. The van der Waals surface area contributed by atoms with Crippen molar-refractivity contribution in [3.05, 3.63) is 11.9 Å². The molecule has 0 aliphatic heterocycles. The van der Waals surface area contributed by atoms with Crippen molar-refractivity contribution in [2.75, 3.05) is 44.5 Å². The summed E-state index contributed by atoms with van der Waals surface area (Å²) < 4.78 is 10.2. The summed E-state index contributed by atoms with van der Waals surface area (Å²) in [6, 6.07) is 1.79. The minimum absolute atomic E-state index is 0.359.